The van der Waals surface area contributed by atoms with Gasteiger partial charge in [-0.2, -0.15) is 11.3 Å². The van der Waals surface area contributed by atoms with Crippen LogP contribution in [0.5, 0.6) is 0 Å². The topological polar surface area (TPSA) is 46.3 Å². The van der Waals surface area contributed by atoms with Gasteiger partial charge in [-0.25, -0.2) is 4.98 Å². The summed E-state index contributed by atoms with van der Waals surface area (Å²) in [5.41, 5.74) is 3.85. The summed E-state index contributed by atoms with van der Waals surface area (Å²) in [5, 5.41) is 13.8. The lowest BCUT2D eigenvalue weighted by molar-refractivity contribution is 0.193. The van der Waals surface area contributed by atoms with Crippen LogP contribution in [0.1, 0.15) is 24.5 Å². The van der Waals surface area contributed by atoms with Crippen molar-refractivity contribution in [1.29, 1.82) is 0 Å². The van der Waals surface area contributed by atoms with Gasteiger partial charge in [0.05, 0.1) is 6.10 Å². The van der Waals surface area contributed by atoms with Crippen molar-refractivity contribution in [2.24, 2.45) is 0 Å². The van der Waals surface area contributed by atoms with E-state index < -0.39 is 6.10 Å². The predicted octanol–water partition coefficient (Wildman–Crippen LogP) is 4.43. The molecule has 0 amide bonds. The highest BCUT2D eigenvalue weighted by Gasteiger charge is 2.15. The molecule has 1 unspecified atom stereocenters. The Morgan fingerprint density at radius 1 is 1.20 bits per heavy atom. The molecule has 20 heavy (non-hydrogen) atoms. The van der Waals surface area contributed by atoms with Gasteiger partial charge < -0.3 is 9.52 Å². The molecule has 2 aromatic heterocycles. The molecule has 0 aliphatic carbocycles. The molecule has 0 aliphatic heterocycles. The minimum atomic E-state index is -0.618. The summed E-state index contributed by atoms with van der Waals surface area (Å²) < 4.78 is 5.67. The van der Waals surface area contributed by atoms with E-state index >= 15 is 0 Å². The molecule has 0 bridgehead atoms. The minimum absolute atomic E-state index is 0.551. The number of rotatable bonds is 3. The third-order valence-electron chi connectivity index (χ3n) is 3.19. The van der Waals surface area contributed by atoms with Crippen LogP contribution in [0, 0.1) is 6.92 Å². The van der Waals surface area contributed by atoms with Gasteiger partial charge in [-0.05, 0) is 53.9 Å². The Morgan fingerprint density at radius 3 is 2.65 bits per heavy atom. The van der Waals surface area contributed by atoms with Crippen LogP contribution < -0.4 is 0 Å². The Hall–Kier alpha value is -1.91. The van der Waals surface area contributed by atoms with E-state index in [9.17, 15) is 5.11 Å². The van der Waals surface area contributed by atoms with Crippen molar-refractivity contribution in [2.45, 2.75) is 20.0 Å². The molecule has 0 spiro atoms. The third kappa shape index (κ3) is 2.40. The van der Waals surface area contributed by atoms with E-state index in [1.807, 2.05) is 19.1 Å². The molecule has 0 radical (unpaired) electrons. The average Bonchev–Trinajstić information content (AvgIpc) is 3.08. The van der Waals surface area contributed by atoms with Gasteiger partial charge in [0, 0.05) is 5.56 Å². The Morgan fingerprint density at radius 2 is 2.00 bits per heavy atom. The van der Waals surface area contributed by atoms with E-state index in [0.29, 0.717) is 17.3 Å². The number of nitrogens with zero attached hydrogens (tertiary/aromatic N) is 1. The summed E-state index contributed by atoms with van der Waals surface area (Å²) in [6.45, 7) is 3.51. The van der Waals surface area contributed by atoms with E-state index in [4.69, 9.17) is 4.42 Å². The van der Waals surface area contributed by atoms with Gasteiger partial charge in [-0.15, -0.1) is 0 Å². The van der Waals surface area contributed by atoms with E-state index in [1.165, 1.54) is 5.56 Å². The van der Waals surface area contributed by atoms with Crippen molar-refractivity contribution < 1.29 is 9.52 Å². The maximum absolute atomic E-state index is 9.65. The lowest BCUT2D eigenvalue weighted by atomic mass is 10.1. The van der Waals surface area contributed by atoms with Crippen molar-refractivity contribution in [3.63, 3.8) is 0 Å². The van der Waals surface area contributed by atoms with Crippen molar-refractivity contribution in [1.82, 2.24) is 4.98 Å². The molecule has 2 heterocycles. The van der Waals surface area contributed by atoms with Gasteiger partial charge in [-0.1, -0.05) is 12.1 Å². The van der Waals surface area contributed by atoms with E-state index in [-0.39, 0.29) is 0 Å². The number of thiophene rings is 1. The van der Waals surface area contributed by atoms with Gasteiger partial charge in [0.15, 0.2) is 0 Å². The number of hydrogen-bond acceptors (Lipinski definition) is 4. The van der Waals surface area contributed by atoms with Crippen LogP contribution in [0.25, 0.3) is 22.6 Å². The van der Waals surface area contributed by atoms with Crippen molar-refractivity contribution in [3.05, 3.63) is 52.5 Å². The first-order valence-corrected chi connectivity index (χ1v) is 7.38. The number of aromatic nitrogens is 1. The maximum Gasteiger partial charge on any atom is 0.226 e. The molecule has 0 fully saturated rings. The Labute approximate surface area is 121 Å². The summed E-state index contributed by atoms with van der Waals surface area (Å²) in [7, 11) is 0. The number of aryl methyl sites for hydroxylation is 1. The molecular formula is C16H15NO2S. The van der Waals surface area contributed by atoms with Crippen LogP contribution in [0.2, 0.25) is 0 Å². The van der Waals surface area contributed by atoms with Crippen LogP contribution in [0.3, 0.4) is 0 Å². The van der Waals surface area contributed by atoms with Gasteiger partial charge in [-0.3, -0.25) is 0 Å². The van der Waals surface area contributed by atoms with Crippen LogP contribution in [0.15, 0.2) is 45.5 Å². The van der Waals surface area contributed by atoms with E-state index in [0.717, 1.165) is 11.1 Å². The van der Waals surface area contributed by atoms with Crippen LogP contribution in [0.4, 0.5) is 0 Å². The van der Waals surface area contributed by atoms with Gasteiger partial charge in [0.2, 0.25) is 5.89 Å². The molecule has 4 heteroatoms. The Kier molecular flexibility index (Phi) is 3.42. The molecule has 0 aliphatic rings. The first-order valence-electron chi connectivity index (χ1n) is 6.43. The molecule has 1 atom stereocenters. The summed E-state index contributed by atoms with van der Waals surface area (Å²) in [5.74, 6) is 1.21. The first kappa shape index (κ1) is 13.1. The zero-order chi connectivity index (χ0) is 14.1. The van der Waals surface area contributed by atoms with E-state index in [2.05, 4.69) is 33.9 Å². The van der Waals surface area contributed by atoms with Crippen LogP contribution in [-0.4, -0.2) is 10.1 Å². The second-order valence-electron chi connectivity index (χ2n) is 4.73. The van der Waals surface area contributed by atoms with Crippen molar-refractivity contribution >= 4 is 11.3 Å². The average molecular weight is 285 g/mol. The minimum Gasteiger partial charge on any atom is -0.441 e. The molecule has 0 saturated heterocycles. The van der Waals surface area contributed by atoms with Gasteiger partial charge >= 0.3 is 0 Å². The zero-order valence-corrected chi connectivity index (χ0v) is 12.1. The maximum atomic E-state index is 9.65. The molecule has 102 valence electrons. The zero-order valence-electron chi connectivity index (χ0n) is 11.3. The van der Waals surface area contributed by atoms with Gasteiger partial charge in [0.25, 0.3) is 0 Å². The lowest BCUT2D eigenvalue weighted by Gasteiger charge is -2.00. The monoisotopic (exact) mass is 285 g/mol. The molecule has 1 N–H and O–H groups in total. The SMILES string of the molecule is Cc1oc(-c2cccc(-c3ccsc3)c2)nc1C(C)O. The normalized spacial score (nSPS) is 12.6. The third-order valence-corrected chi connectivity index (χ3v) is 3.88. The predicted molar refractivity (Wildman–Crippen MR) is 80.6 cm³/mol. The molecule has 3 rings (SSSR count). The fraction of sp³-hybridized carbons (Fsp3) is 0.188. The smallest absolute Gasteiger partial charge is 0.226 e. The molecule has 0 saturated carbocycles. The Balaban J connectivity index is 2.03. The summed E-state index contributed by atoms with van der Waals surface area (Å²) in [4.78, 5) is 4.39. The fourth-order valence-electron chi connectivity index (χ4n) is 2.18. The van der Waals surface area contributed by atoms with E-state index in [1.54, 1.807) is 18.3 Å². The standard InChI is InChI=1S/C16H15NO2S/c1-10(18)15-11(2)19-16(17-15)13-5-3-4-12(8-13)14-6-7-20-9-14/h3-10,18H,1-2H3. The summed E-state index contributed by atoms with van der Waals surface area (Å²) in [6, 6.07) is 10.2. The van der Waals surface area contributed by atoms with Crippen molar-refractivity contribution in [3.8, 4) is 22.6 Å². The summed E-state index contributed by atoms with van der Waals surface area (Å²) in [6.07, 6.45) is -0.618. The Bertz CT molecular complexity index is 714. The fourth-order valence-corrected chi connectivity index (χ4v) is 2.84. The largest absolute Gasteiger partial charge is 0.441 e. The molecule has 3 nitrogen and oxygen atoms in total. The highest BCUT2D eigenvalue weighted by Crippen LogP contribution is 2.29. The molecule has 3 aromatic rings. The van der Waals surface area contributed by atoms with Crippen LogP contribution in [-0.2, 0) is 0 Å². The second kappa shape index (κ2) is 5.23. The van der Waals surface area contributed by atoms with Crippen LogP contribution >= 0.6 is 11.3 Å². The number of hydrogen-bond donors (Lipinski definition) is 1. The number of benzene rings is 1. The van der Waals surface area contributed by atoms with Gasteiger partial charge in [0.1, 0.15) is 11.5 Å². The van der Waals surface area contributed by atoms with Crippen molar-refractivity contribution in [2.75, 3.05) is 0 Å². The number of oxazole rings is 1. The molecular weight excluding hydrogens is 270 g/mol. The number of aliphatic hydroxyl groups excluding tert-OH is 1. The number of aliphatic hydroxyl groups is 1. The summed E-state index contributed by atoms with van der Waals surface area (Å²) >= 11 is 1.67. The first-order chi connectivity index (χ1) is 9.65. The highest BCUT2D eigenvalue weighted by atomic mass is 32.1. The highest BCUT2D eigenvalue weighted by molar-refractivity contribution is 7.08. The lowest BCUT2D eigenvalue weighted by Crippen LogP contribution is -1.93. The second-order valence-corrected chi connectivity index (χ2v) is 5.51. The quantitative estimate of drug-likeness (QED) is 0.774. The molecule has 1 aromatic carbocycles.